The van der Waals surface area contributed by atoms with Gasteiger partial charge in [0.05, 0.1) is 6.04 Å². The predicted octanol–water partition coefficient (Wildman–Crippen LogP) is 0.990. The summed E-state index contributed by atoms with van der Waals surface area (Å²) in [6.07, 6.45) is 2.37. The maximum Gasteiger partial charge on any atom is 0.146 e. The number of nitrogens with zero attached hydrogens (tertiary/aromatic N) is 2. The first-order chi connectivity index (χ1) is 6.52. The largest absolute Gasteiger partial charge is 0.306 e. The molecule has 1 aliphatic rings. The van der Waals surface area contributed by atoms with Crippen molar-refractivity contribution in [1.82, 2.24) is 9.80 Å². The van der Waals surface area contributed by atoms with Gasteiger partial charge < -0.3 is 4.90 Å². The lowest BCUT2D eigenvalue weighted by Gasteiger charge is -2.37. The maximum absolute atomic E-state index is 11.2. The van der Waals surface area contributed by atoms with Crippen LogP contribution in [0, 0.1) is 0 Å². The molecule has 1 fully saturated rings. The van der Waals surface area contributed by atoms with Gasteiger partial charge in [-0.25, -0.2) is 0 Å². The molecule has 3 heteroatoms. The second-order valence-electron chi connectivity index (χ2n) is 4.52. The van der Waals surface area contributed by atoms with Crippen LogP contribution in [0.3, 0.4) is 0 Å². The van der Waals surface area contributed by atoms with Crippen LogP contribution in [0.25, 0.3) is 0 Å². The summed E-state index contributed by atoms with van der Waals surface area (Å²) in [7, 11) is 4.27. The van der Waals surface area contributed by atoms with E-state index in [4.69, 9.17) is 0 Å². The Balaban J connectivity index is 2.39. The number of carbonyl (C=O) groups excluding carboxylic acids is 1. The van der Waals surface area contributed by atoms with Crippen LogP contribution < -0.4 is 0 Å². The number of hydrogen-bond acceptors (Lipinski definition) is 3. The molecule has 3 nitrogen and oxygen atoms in total. The van der Waals surface area contributed by atoms with Crippen molar-refractivity contribution in [2.45, 2.75) is 38.8 Å². The van der Waals surface area contributed by atoms with Gasteiger partial charge in [-0.3, -0.25) is 9.69 Å². The molecule has 0 radical (unpaired) electrons. The summed E-state index contributed by atoms with van der Waals surface area (Å²) in [6.45, 7) is 5.81. The van der Waals surface area contributed by atoms with E-state index in [9.17, 15) is 4.79 Å². The van der Waals surface area contributed by atoms with Crippen LogP contribution in [-0.2, 0) is 4.79 Å². The minimum absolute atomic E-state index is 0.109. The minimum Gasteiger partial charge on any atom is -0.306 e. The van der Waals surface area contributed by atoms with Crippen LogP contribution in [0.5, 0.6) is 0 Å². The lowest BCUT2D eigenvalue weighted by molar-refractivity contribution is -0.122. The van der Waals surface area contributed by atoms with Gasteiger partial charge in [0.15, 0.2) is 0 Å². The van der Waals surface area contributed by atoms with E-state index in [0.717, 1.165) is 13.1 Å². The fourth-order valence-corrected chi connectivity index (χ4v) is 2.05. The minimum atomic E-state index is 0.109. The van der Waals surface area contributed by atoms with Crippen molar-refractivity contribution in [1.29, 1.82) is 0 Å². The molecule has 1 rings (SSSR count). The average molecular weight is 198 g/mol. The molecule has 0 spiro atoms. The van der Waals surface area contributed by atoms with E-state index >= 15 is 0 Å². The molecule has 0 aromatic rings. The van der Waals surface area contributed by atoms with Crippen molar-refractivity contribution in [2.75, 3.05) is 27.2 Å². The number of Topliss-reactive ketones (excluding diaryl/α,β-unsaturated/α-hetero) is 1. The molecule has 0 aromatic heterocycles. The summed E-state index contributed by atoms with van der Waals surface area (Å²) in [5.74, 6) is 0.285. The van der Waals surface area contributed by atoms with E-state index in [1.54, 1.807) is 6.92 Å². The Morgan fingerprint density at radius 3 is 2.21 bits per heavy atom. The Morgan fingerprint density at radius 2 is 1.86 bits per heavy atom. The van der Waals surface area contributed by atoms with Crippen molar-refractivity contribution in [3.05, 3.63) is 0 Å². The van der Waals surface area contributed by atoms with Gasteiger partial charge in [-0.05, 0) is 40.8 Å². The quantitative estimate of drug-likeness (QED) is 0.675. The molecule has 1 heterocycles. The summed E-state index contributed by atoms with van der Waals surface area (Å²) in [5.41, 5.74) is 0. The first-order valence-electron chi connectivity index (χ1n) is 5.43. The maximum atomic E-state index is 11.2. The highest BCUT2D eigenvalue weighted by Crippen LogP contribution is 2.16. The highest BCUT2D eigenvalue weighted by Gasteiger charge is 2.25. The van der Waals surface area contributed by atoms with Crippen LogP contribution in [0.2, 0.25) is 0 Å². The SMILES string of the molecule is CC(=O)C(C)N1CCC(N(C)C)CC1. The molecular weight excluding hydrogens is 176 g/mol. The highest BCUT2D eigenvalue weighted by molar-refractivity contribution is 5.80. The number of likely N-dealkylation sites (tertiary alicyclic amines) is 1. The highest BCUT2D eigenvalue weighted by atomic mass is 16.1. The molecule has 0 bridgehead atoms. The average Bonchev–Trinajstić information content (AvgIpc) is 2.16. The molecule has 1 saturated heterocycles. The zero-order valence-electron chi connectivity index (χ0n) is 9.79. The molecule has 0 amide bonds. The standard InChI is InChI=1S/C11H22N2O/c1-9(10(2)14)13-7-5-11(6-8-13)12(3)4/h9,11H,5-8H2,1-4H3. The molecule has 1 aliphatic heterocycles. The van der Waals surface area contributed by atoms with Crippen LogP contribution in [0.4, 0.5) is 0 Å². The topological polar surface area (TPSA) is 23.6 Å². The Kier molecular flexibility index (Phi) is 4.08. The van der Waals surface area contributed by atoms with Crippen molar-refractivity contribution >= 4 is 5.78 Å². The first-order valence-corrected chi connectivity index (χ1v) is 5.43. The zero-order valence-corrected chi connectivity index (χ0v) is 9.79. The number of rotatable bonds is 3. The van der Waals surface area contributed by atoms with Gasteiger partial charge in [-0.15, -0.1) is 0 Å². The smallest absolute Gasteiger partial charge is 0.146 e. The molecule has 0 saturated carbocycles. The molecule has 1 atom stereocenters. The third-order valence-electron chi connectivity index (χ3n) is 3.37. The van der Waals surface area contributed by atoms with Crippen LogP contribution >= 0.6 is 0 Å². The first kappa shape index (κ1) is 11.7. The van der Waals surface area contributed by atoms with Gasteiger partial charge in [-0.1, -0.05) is 0 Å². The second-order valence-corrected chi connectivity index (χ2v) is 4.52. The Bertz CT molecular complexity index is 195. The third kappa shape index (κ3) is 2.79. The van der Waals surface area contributed by atoms with Gasteiger partial charge in [-0.2, -0.15) is 0 Å². The monoisotopic (exact) mass is 198 g/mol. The molecule has 1 unspecified atom stereocenters. The lowest BCUT2D eigenvalue weighted by atomic mass is 10.0. The Labute approximate surface area is 87.1 Å². The molecule has 0 aromatic carbocycles. The fraction of sp³-hybridized carbons (Fsp3) is 0.909. The summed E-state index contributed by atoms with van der Waals surface area (Å²) in [5, 5.41) is 0. The third-order valence-corrected chi connectivity index (χ3v) is 3.37. The van der Waals surface area contributed by atoms with Crippen LogP contribution in [0.15, 0.2) is 0 Å². The number of hydrogen-bond donors (Lipinski definition) is 0. The molecule has 0 aliphatic carbocycles. The van der Waals surface area contributed by atoms with Crippen molar-refractivity contribution in [3.63, 3.8) is 0 Å². The van der Waals surface area contributed by atoms with E-state index < -0.39 is 0 Å². The van der Waals surface area contributed by atoms with Gasteiger partial charge in [0.1, 0.15) is 5.78 Å². The second kappa shape index (κ2) is 4.89. The normalized spacial score (nSPS) is 22.6. The molecule has 14 heavy (non-hydrogen) atoms. The summed E-state index contributed by atoms with van der Waals surface area (Å²) in [6, 6.07) is 0.809. The summed E-state index contributed by atoms with van der Waals surface area (Å²) in [4.78, 5) is 15.8. The van der Waals surface area contributed by atoms with Gasteiger partial charge in [0.2, 0.25) is 0 Å². The van der Waals surface area contributed by atoms with Gasteiger partial charge in [0.25, 0.3) is 0 Å². The van der Waals surface area contributed by atoms with E-state index in [-0.39, 0.29) is 11.8 Å². The summed E-state index contributed by atoms with van der Waals surface area (Å²) >= 11 is 0. The van der Waals surface area contributed by atoms with Crippen molar-refractivity contribution in [2.24, 2.45) is 0 Å². The number of ketones is 1. The van der Waals surface area contributed by atoms with E-state index in [0.29, 0.717) is 6.04 Å². The number of carbonyl (C=O) groups is 1. The van der Waals surface area contributed by atoms with E-state index in [2.05, 4.69) is 23.9 Å². The molecular formula is C11H22N2O. The van der Waals surface area contributed by atoms with Crippen molar-refractivity contribution < 1.29 is 4.79 Å². The van der Waals surface area contributed by atoms with Gasteiger partial charge >= 0.3 is 0 Å². The van der Waals surface area contributed by atoms with Crippen LogP contribution in [-0.4, -0.2) is 54.9 Å². The number of piperidine rings is 1. The molecule has 82 valence electrons. The van der Waals surface area contributed by atoms with E-state index in [1.807, 2.05) is 6.92 Å². The van der Waals surface area contributed by atoms with Crippen molar-refractivity contribution in [3.8, 4) is 0 Å². The predicted molar refractivity (Wildman–Crippen MR) is 58.4 cm³/mol. The summed E-state index contributed by atoms with van der Waals surface area (Å²) < 4.78 is 0. The van der Waals surface area contributed by atoms with Crippen LogP contribution in [0.1, 0.15) is 26.7 Å². The Hall–Kier alpha value is -0.410. The van der Waals surface area contributed by atoms with Gasteiger partial charge in [0, 0.05) is 19.1 Å². The lowest BCUT2D eigenvalue weighted by Crippen LogP contribution is -2.47. The van der Waals surface area contributed by atoms with E-state index in [1.165, 1.54) is 12.8 Å². The Morgan fingerprint density at radius 1 is 1.36 bits per heavy atom. The molecule has 0 N–H and O–H groups in total. The fourth-order valence-electron chi connectivity index (χ4n) is 2.05. The zero-order chi connectivity index (χ0) is 10.7.